The van der Waals surface area contributed by atoms with Crippen LogP contribution in [0.15, 0.2) is 0 Å². The van der Waals surface area contributed by atoms with E-state index < -0.39 is 11.6 Å². The summed E-state index contributed by atoms with van der Waals surface area (Å²) in [5.74, 6) is -0.0478. The Morgan fingerprint density at radius 1 is 1.12 bits per heavy atom. The predicted molar refractivity (Wildman–Crippen MR) is 98.5 cm³/mol. The maximum absolute atomic E-state index is 12.5. The van der Waals surface area contributed by atoms with Crippen LogP contribution in [0.1, 0.15) is 66.2 Å². The third-order valence-corrected chi connectivity index (χ3v) is 5.10. The third kappa shape index (κ3) is 5.87. The predicted octanol–water partition coefficient (Wildman–Crippen LogP) is 2.77. The van der Waals surface area contributed by atoms with E-state index in [4.69, 9.17) is 4.74 Å². The van der Waals surface area contributed by atoms with Crippen LogP contribution in [0.2, 0.25) is 0 Å². The van der Waals surface area contributed by atoms with Crippen LogP contribution in [0.3, 0.4) is 0 Å². The van der Waals surface area contributed by atoms with Gasteiger partial charge >= 0.3 is 6.09 Å². The van der Waals surface area contributed by atoms with Crippen molar-refractivity contribution in [1.82, 2.24) is 15.1 Å². The first-order valence-corrected chi connectivity index (χ1v) is 9.83. The molecule has 25 heavy (non-hydrogen) atoms. The van der Waals surface area contributed by atoms with E-state index in [0.29, 0.717) is 25.6 Å². The molecule has 0 spiro atoms. The molecule has 1 N–H and O–H groups in total. The quantitative estimate of drug-likeness (QED) is 0.825. The second kappa shape index (κ2) is 8.88. The summed E-state index contributed by atoms with van der Waals surface area (Å²) in [6, 6.07) is 0.258. The van der Waals surface area contributed by atoms with Crippen molar-refractivity contribution in [1.29, 1.82) is 0 Å². The highest BCUT2D eigenvalue weighted by molar-refractivity contribution is 5.86. The molecule has 0 bridgehead atoms. The lowest BCUT2D eigenvalue weighted by atomic mass is 10.0. The summed E-state index contributed by atoms with van der Waals surface area (Å²) in [6.07, 6.45) is 6.18. The van der Waals surface area contributed by atoms with Crippen molar-refractivity contribution < 1.29 is 14.3 Å². The van der Waals surface area contributed by atoms with Crippen molar-refractivity contribution in [2.45, 2.75) is 83.9 Å². The summed E-state index contributed by atoms with van der Waals surface area (Å²) >= 11 is 0. The monoisotopic (exact) mass is 353 g/mol. The van der Waals surface area contributed by atoms with Gasteiger partial charge in [0.05, 0.1) is 0 Å². The number of amides is 2. The van der Waals surface area contributed by atoms with E-state index in [-0.39, 0.29) is 12.0 Å². The fraction of sp³-hybridized carbons (Fsp3) is 0.895. The van der Waals surface area contributed by atoms with Crippen molar-refractivity contribution in [2.75, 3.05) is 26.2 Å². The number of nitrogens with zero attached hydrogens (tertiary/aromatic N) is 2. The molecule has 2 unspecified atom stereocenters. The highest BCUT2D eigenvalue weighted by Gasteiger charge is 2.36. The third-order valence-electron chi connectivity index (χ3n) is 5.10. The van der Waals surface area contributed by atoms with Crippen molar-refractivity contribution in [3.05, 3.63) is 0 Å². The average Bonchev–Trinajstić information content (AvgIpc) is 3.03. The average molecular weight is 354 g/mol. The molecule has 2 saturated heterocycles. The van der Waals surface area contributed by atoms with Crippen LogP contribution in [0.4, 0.5) is 4.79 Å². The van der Waals surface area contributed by atoms with Gasteiger partial charge in [-0.2, -0.15) is 0 Å². The smallest absolute Gasteiger partial charge is 0.410 e. The van der Waals surface area contributed by atoms with Gasteiger partial charge in [0, 0.05) is 25.7 Å². The molecule has 0 saturated carbocycles. The zero-order valence-corrected chi connectivity index (χ0v) is 16.3. The van der Waals surface area contributed by atoms with E-state index in [2.05, 4.69) is 17.1 Å². The molecule has 0 radical (unpaired) electrons. The SMILES string of the molecule is CCC1CCCCN1CCNC(=O)C1CCCN1C(=O)OC(C)(C)C. The molecule has 6 nitrogen and oxygen atoms in total. The first-order chi connectivity index (χ1) is 11.8. The van der Waals surface area contributed by atoms with E-state index in [1.165, 1.54) is 25.7 Å². The highest BCUT2D eigenvalue weighted by Crippen LogP contribution is 2.21. The maximum atomic E-state index is 12.5. The molecular formula is C19H35N3O3. The summed E-state index contributed by atoms with van der Waals surface area (Å²) in [5, 5.41) is 3.03. The maximum Gasteiger partial charge on any atom is 0.410 e. The Hall–Kier alpha value is -1.30. The van der Waals surface area contributed by atoms with Crippen LogP contribution in [0.5, 0.6) is 0 Å². The molecule has 0 aromatic rings. The summed E-state index contributed by atoms with van der Waals surface area (Å²) < 4.78 is 5.43. The second-order valence-corrected chi connectivity index (χ2v) is 8.22. The first kappa shape index (κ1) is 20.0. The zero-order valence-electron chi connectivity index (χ0n) is 16.3. The molecule has 2 amide bonds. The van der Waals surface area contributed by atoms with Gasteiger partial charge < -0.3 is 10.1 Å². The van der Waals surface area contributed by atoms with Gasteiger partial charge in [-0.05, 0) is 59.4 Å². The fourth-order valence-corrected chi connectivity index (χ4v) is 3.84. The van der Waals surface area contributed by atoms with Gasteiger partial charge in [-0.25, -0.2) is 4.79 Å². The largest absolute Gasteiger partial charge is 0.444 e. The molecule has 6 heteroatoms. The summed E-state index contributed by atoms with van der Waals surface area (Å²) in [6.45, 7) is 11.0. The minimum absolute atomic E-state index is 0.0478. The molecule has 2 atom stereocenters. The summed E-state index contributed by atoms with van der Waals surface area (Å²) in [7, 11) is 0. The minimum Gasteiger partial charge on any atom is -0.444 e. The summed E-state index contributed by atoms with van der Waals surface area (Å²) in [4.78, 5) is 28.9. The Balaban J connectivity index is 1.80. The molecule has 2 aliphatic rings. The van der Waals surface area contributed by atoms with Gasteiger partial charge in [-0.3, -0.25) is 14.6 Å². The summed E-state index contributed by atoms with van der Waals surface area (Å²) in [5.41, 5.74) is -0.538. The van der Waals surface area contributed by atoms with Gasteiger partial charge in [0.1, 0.15) is 11.6 Å². The standard InChI is InChI=1S/C19H35N3O3/c1-5-15-9-6-7-12-21(15)14-11-20-17(23)16-10-8-13-22(16)18(24)25-19(2,3)4/h15-16H,5-14H2,1-4H3,(H,20,23). The number of rotatable bonds is 5. The minimum atomic E-state index is -0.538. The van der Waals surface area contributed by atoms with E-state index in [9.17, 15) is 9.59 Å². The van der Waals surface area contributed by atoms with Crippen LogP contribution in [-0.4, -0.2) is 65.7 Å². The van der Waals surface area contributed by atoms with E-state index in [1.807, 2.05) is 20.8 Å². The number of piperidine rings is 1. The Kier molecular flexibility index (Phi) is 7.11. The lowest BCUT2D eigenvalue weighted by molar-refractivity contribution is -0.125. The number of nitrogens with one attached hydrogen (secondary N) is 1. The van der Waals surface area contributed by atoms with E-state index in [0.717, 1.165) is 19.5 Å². The number of carbonyl (C=O) groups is 2. The second-order valence-electron chi connectivity index (χ2n) is 8.22. The van der Waals surface area contributed by atoms with Crippen molar-refractivity contribution in [3.8, 4) is 0 Å². The Morgan fingerprint density at radius 2 is 1.88 bits per heavy atom. The topological polar surface area (TPSA) is 61.9 Å². The van der Waals surface area contributed by atoms with E-state index >= 15 is 0 Å². The Bertz CT molecular complexity index is 461. The number of hydrogen-bond acceptors (Lipinski definition) is 4. The first-order valence-electron chi connectivity index (χ1n) is 9.83. The highest BCUT2D eigenvalue weighted by atomic mass is 16.6. The van der Waals surface area contributed by atoms with Crippen LogP contribution >= 0.6 is 0 Å². The number of hydrogen-bond donors (Lipinski definition) is 1. The lowest BCUT2D eigenvalue weighted by Gasteiger charge is -2.35. The van der Waals surface area contributed by atoms with Gasteiger partial charge in [-0.15, -0.1) is 0 Å². The molecule has 2 fully saturated rings. The van der Waals surface area contributed by atoms with Crippen molar-refractivity contribution >= 4 is 12.0 Å². The molecule has 2 heterocycles. The van der Waals surface area contributed by atoms with E-state index in [1.54, 1.807) is 4.90 Å². The number of ether oxygens (including phenoxy) is 1. The van der Waals surface area contributed by atoms with Gasteiger partial charge in [0.15, 0.2) is 0 Å². The van der Waals surface area contributed by atoms with Crippen LogP contribution in [0.25, 0.3) is 0 Å². The van der Waals surface area contributed by atoms with Crippen molar-refractivity contribution in [3.63, 3.8) is 0 Å². The van der Waals surface area contributed by atoms with Crippen LogP contribution < -0.4 is 5.32 Å². The molecule has 0 aliphatic carbocycles. The number of carbonyl (C=O) groups excluding carboxylic acids is 2. The van der Waals surface area contributed by atoms with Gasteiger partial charge in [-0.1, -0.05) is 13.3 Å². The van der Waals surface area contributed by atoms with Gasteiger partial charge in [0.2, 0.25) is 5.91 Å². The Morgan fingerprint density at radius 3 is 2.56 bits per heavy atom. The molecule has 2 rings (SSSR count). The number of likely N-dealkylation sites (tertiary alicyclic amines) is 2. The van der Waals surface area contributed by atoms with Crippen molar-refractivity contribution in [2.24, 2.45) is 0 Å². The molecular weight excluding hydrogens is 318 g/mol. The Labute approximate surface area is 152 Å². The zero-order chi connectivity index (χ0) is 18.4. The van der Waals surface area contributed by atoms with Crippen LogP contribution in [0, 0.1) is 0 Å². The van der Waals surface area contributed by atoms with Gasteiger partial charge in [0.25, 0.3) is 0 Å². The molecule has 0 aromatic heterocycles. The fourth-order valence-electron chi connectivity index (χ4n) is 3.84. The lowest BCUT2D eigenvalue weighted by Crippen LogP contribution is -2.49. The molecule has 0 aromatic carbocycles. The molecule has 144 valence electrons. The normalized spacial score (nSPS) is 25.0. The molecule has 2 aliphatic heterocycles. The van der Waals surface area contributed by atoms with Crippen LogP contribution in [-0.2, 0) is 9.53 Å².